The average Bonchev–Trinajstić information content (AvgIpc) is 3.09. The summed E-state index contributed by atoms with van der Waals surface area (Å²) in [5.74, 6) is -0.258. The molecular weight excluding hydrogens is 256 g/mol. The van der Waals surface area contributed by atoms with Gasteiger partial charge in [-0.25, -0.2) is 15.1 Å². The SMILES string of the molecule is O=C(Cn1cncn1)NN=Cc1c[nH]c2ccccc12. The number of aromatic nitrogens is 4. The predicted octanol–water partition coefficient (Wildman–Crippen LogP) is 0.910. The molecule has 0 fully saturated rings. The van der Waals surface area contributed by atoms with E-state index in [1.54, 1.807) is 6.21 Å². The van der Waals surface area contributed by atoms with E-state index in [4.69, 9.17) is 0 Å². The Hall–Kier alpha value is -2.96. The number of carbonyl (C=O) groups excluding carboxylic acids is 1. The van der Waals surface area contributed by atoms with Crippen LogP contribution in [0.5, 0.6) is 0 Å². The summed E-state index contributed by atoms with van der Waals surface area (Å²) in [5.41, 5.74) is 4.40. The van der Waals surface area contributed by atoms with Crippen LogP contribution in [0.15, 0.2) is 48.2 Å². The lowest BCUT2D eigenvalue weighted by molar-refractivity contribution is -0.121. The van der Waals surface area contributed by atoms with Crippen LogP contribution >= 0.6 is 0 Å². The molecule has 2 N–H and O–H groups in total. The lowest BCUT2D eigenvalue weighted by Crippen LogP contribution is -2.23. The third-order valence-corrected chi connectivity index (χ3v) is 2.79. The summed E-state index contributed by atoms with van der Waals surface area (Å²) in [6, 6.07) is 7.89. The molecule has 2 aromatic heterocycles. The van der Waals surface area contributed by atoms with Gasteiger partial charge in [0.25, 0.3) is 5.91 Å². The van der Waals surface area contributed by atoms with Crippen molar-refractivity contribution in [1.29, 1.82) is 0 Å². The molecular formula is C13H12N6O. The van der Waals surface area contributed by atoms with Crippen molar-refractivity contribution in [2.75, 3.05) is 0 Å². The molecule has 20 heavy (non-hydrogen) atoms. The normalized spacial score (nSPS) is 11.2. The quantitative estimate of drug-likeness (QED) is 0.544. The maximum atomic E-state index is 11.6. The molecule has 1 amide bonds. The van der Waals surface area contributed by atoms with Crippen LogP contribution in [0.25, 0.3) is 10.9 Å². The number of hydrogen-bond acceptors (Lipinski definition) is 4. The molecule has 2 heterocycles. The number of nitrogens with one attached hydrogen (secondary N) is 2. The van der Waals surface area contributed by atoms with Gasteiger partial charge in [-0.15, -0.1) is 0 Å². The highest BCUT2D eigenvalue weighted by Crippen LogP contribution is 2.15. The van der Waals surface area contributed by atoms with Crippen molar-refractivity contribution in [1.82, 2.24) is 25.2 Å². The topological polar surface area (TPSA) is 88.0 Å². The first-order valence-electron chi connectivity index (χ1n) is 6.03. The molecule has 3 rings (SSSR count). The number of para-hydroxylation sites is 1. The maximum Gasteiger partial charge on any atom is 0.261 e. The molecule has 7 nitrogen and oxygen atoms in total. The fraction of sp³-hybridized carbons (Fsp3) is 0.0769. The van der Waals surface area contributed by atoms with Gasteiger partial charge in [0.05, 0.1) is 6.21 Å². The van der Waals surface area contributed by atoms with E-state index < -0.39 is 0 Å². The lowest BCUT2D eigenvalue weighted by atomic mass is 10.2. The van der Waals surface area contributed by atoms with Gasteiger partial charge in [0.15, 0.2) is 0 Å². The molecule has 0 atom stereocenters. The number of rotatable bonds is 4. The van der Waals surface area contributed by atoms with Gasteiger partial charge in [-0.2, -0.15) is 10.2 Å². The fourth-order valence-corrected chi connectivity index (χ4v) is 1.87. The van der Waals surface area contributed by atoms with Crippen molar-refractivity contribution in [2.24, 2.45) is 5.10 Å². The van der Waals surface area contributed by atoms with E-state index in [-0.39, 0.29) is 12.5 Å². The molecule has 0 aliphatic heterocycles. The van der Waals surface area contributed by atoms with E-state index in [9.17, 15) is 4.79 Å². The van der Waals surface area contributed by atoms with Crippen molar-refractivity contribution < 1.29 is 4.79 Å². The number of H-pyrrole nitrogens is 1. The van der Waals surface area contributed by atoms with Gasteiger partial charge in [-0.05, 0) is 6.07 Å². The highest BCUT2D eigenvalue weighted by Gasteiger charge is 2.02. The van der Waals surface area contributed by atoms with Crippen LogP contribution in [-0.2, 0) is 11.3 Å². The predicted molar refractivity (Wildman–Crippen MR) is 74.1 cm³/mol. The monoisotopic (exact) mass is 268 g/mol. The number of amides is 1. The number of nitrogens with zero attached hydrogens (tertiary/aromatic N) is 4. The molecule has 0 saturated carbocycles. The molecule has 0 bridgehead atoms. The number of carbonyl (C=O) groups is 1. The van der Waals surface area contributed by atoms with Crippen LogP contribution in [0.2, 0.25) is 0 Å². The molecule has 7 heteroatoms. The molecule has 0 spiro atoms. The third-order valence-electron chi connectivity index (χ3n) is 2.79. The highest BCUT2D eigenvalue weighted by atomic mass is 16.2. The maximum absolute atomic E-state index is 11.6. The van der Waals surface area contributed by atoms with Crippen molar-refractivity contribution in [2.45, 2.75) is 6.54 Å². The summed E-state index contributed by atoms with van der Waals surface area (Å²) in [6.07, 6.45) is 6.31. The number of benzene rings is 1. The highest BCUT2D eigenvalue weighted by molar-refractivity contribution is 5.99. The summed E-state index contributed by atoms with van der Waals surface area (Å²) in [4.78, 5) is 18.5. The summed E-state index contributed by atoms with van der Waals surface area (Å²) in [6.45, 7) is 0.0885. The zero-order chi connectivity index (χ0) is 13.8. The van der Waals surface area contributed by atoms with E-state index in [2.05, 4.69) is 25.6 Å². The molecule has 3 aromatic rings. The first-order chi connectivity index (χ1) is 9.83. The Morgan fingerprint density at radius 2 is 2.35 bits per heavy atom. The standard InChI is InChI=1S/C13H12N6O/c20-13(7-19-9-14-8-17-19)18-16-6-10-5-15-12-4-2-1-3-11(10)12/h1-6,8-9,15H,7H2,(H,18,20). The summed E-state index contributed by atoms with van der Waals surface area (Å²) < 4.78 is 1.43. The Morgan fingerprint density at radius 3 is 3.20 bits per heavy atom. The minimum absolute atomic E-state index is 0.0885. The zero-order valence-electron chi connectivity index (χ0n) is 10.5. The Labute approximate surface area is 114 Å². The van der Waals surface area contributed by atoms with Gasteiger partial charge < -0.3 is 4.98 Å². The van der Waals surface area contributed by atoms with Crippen LogP contribution in [0.3, 0.4) is 0 Å². The molecule has 0 aliphatic carbocycles. The molecule has 1 aromatic carbocycles. The molecule has 0 aliphatic rings. The smallest absolute Gasteiger partial charge is 0.261 e. The molecule has 0 radical (unpaired) electrons. The first-order valence-corrected chi connectivity index (χ1v) is 6.03. The molecule has 0 unspecified atom stereocenters. The average molecular weight is 268 g/mol. The summed E-state index contributed by atoms with van der Waals surface area (Å²) in [7, 11) is 0. The number of hydrazone groups is 1. The van der Waals surface area contributed by atoms with Crippen LogP contribution in [-0.4, -0.2) is 31.9 Å². The van der Waals surface area contributed by atoms with Crippen LogP contribution in [0, 0.1) is 0 Å². The minimum atomic E-state index is -0.258. The van der Waals surface area contributed by atoms with Crippen molar-refractivity contribution in [3.8, 4) is 0 Å². The molecule has 100 valence electrons. The minimum Gasteiger partial charge on any atom is -0.361 e. The van der Waals surface area contributed by atoms with Gasteiger partial charge >= 0.3 is 0 Å². The first kappa shape index (κ1) is 12.1. The second kappa shape index (κ2) is 5.35. The fourth-order valence-electron chi connectivity index (χ4n) is 1.87. The number of hydrogen-bond donors (Lipinski definition) is 2. The van der Waals surface area contributed by atoms with Crippen LogP contribution < -0.4 is 5.43 Å². The third kappa shape index (κ3) is 2.56. The van der Waals surface area contributed by atoms with Gasteiger partial charge in [0, 0.05) is 22.7 Å². The number of aromatic amines is 1. The van der Waals surface area contributed by atoms with Crippen LogP contribution in [0.4, 0.5) is 0 Å². The second-order valence-corrected chi connectivity index (χ2v) is 4.18. The molecule has 0 saturated heterocycles. The van der Waals surface area contributed by atoms with Crippen molar-refractivity contribution >= 4 is 23.0 Å². The number of fused-ring (bicyclic) bond motifs is 1. The Bertz CT molecular complexity index is 743. The summed E-state index contributed by atoms with van der Waals surface area (Å²) in [5, 5.41) is 8.84. The van der Waals surface area contributed by atoms with Crippen molar-refractivity contribution in [3.63, 3.8) is 0 Å². The summed E-state index contributed by atoms with van der Waals surface area (Å²) >= 11 is 0. The Balaban J connectivity index is 1.64. The largest absolute Gasteiger partial charge is 0.361 e. The van der Waals surface area contributed by atoms with E-state index in [0.29, 0.717) is 0 Å². The lowest BCUT2D eigenvalue weighted by Gasteiger charge is -1.98. The van der Waals surface area contributed by atoms with Crippen LogP contribution in [0.1, 0.15) is 5.56 Å². The van der Waals surface area contributed by atoms with Gasteiger partial charge in [0.1, 0.15) is 19.2 Å². The second-order valence-electron chi connectivity index (χ2n) is 4.18. The van der Waals surface area contributed by atoms with E-state index >= 15 is 0 Å². The van der Waals surface area contributed by atoms with Gasteiger partial charge in [-0.1, -0.05) is 18.2 Å². The van der Waals surface area contributed by atoms with E-state index in [1.807, 2.05) is 30.5 Å². The Kier molecular flexibility index (Phi) is 3.24. The van der Waals surface area contributed by atoms with Crippen molar-refractivity contribution in [3.05, 3.63) is 48.7 Å². The zero-order valence-corrected chi connectivity index (χ0v) is 10.5. The Morgan fingerprint density at radius 1 is 1.45 bits per heavy atom. The van der Waals surface area contributed by atoms with E-state index in [1.165, 1.54) is 17.3 Å². The van der Waals surface area contributed by atoms with Gasteiger partial charge in [0.2, 0.25) is 0 Å². The van der Waals surface area contributed by atoms with Gasteiger partial charge in [-0.3, -0.25) is 4.79 Å². The van der Waals surface area contributed by atoms with E-state index in [0.717, 1.165) is 16.5 Å².